The number of carbonyl (C=O) groups is 1. The Morgan fingerprint density at radius 3 is 2.69 bits per heavy atom. The third kappa shape index (κ3) is 1.64. The molecular weight excluding hydrogens is 404 g/mol. The molecule has 26 heavy (non-hydrogen) atoms. The zero-order valence-electron chi connectivity index (χ0n) is 13.3. The van der Waals surface area contributed by atoms with E-state index in [0.29, 0.717) is 28.3 Å². The molecule has 0 fully saturated rings. The lowest BCUT2D eigenvalue weighted by Crippen LogP contribution is -2.46. The second kappa shape index (κ2) is 4.73. The van der Waals surface area contributed by atoms with Crippen LogP contribution >= 0.6 is 15.9 Å². The van der Waals surface area contributed by atoms with Gasteiger partial charge in [0.15, 0.2) is 5.82 Å². The van der Waals surface area contributed by atoms with E-state index >= 15 is 0 Å². The zero-order chi connectivity index (χ0) is 18.2. The molecule has 1 unspecified atom stereocenters. The van der Waals surface area contributed by atoms with E-state index in [1.165, 1.54) is 0 Å². The predicted octanol–water partition coefficient (Wildman–Crippen LogP) is 1.20. The molecule has 9 nitrogen and oxygen atoms in total. The molecule has 1 atom stereocenters. The van der Waals surface area contributed by atoms with Crippen molar-refractivity contribution in [2.45, 2.75) is 12.3 Å². The molecular formula is C16H11BrN6O3. The zero-order valence-corrected chi connectivity index (χ0v) is 14.9. The number of aromatic nitrogens is 4. The number of anilines is 3. The van der Waals surface area contributed by atoms with Crippen molar-refractivity contribution in [1.29, 1.82) is 0 Å². The summed E-state index contributed by atoms with van der Waals surface area (Å²) in [7, 11) is 0. The van der Waals surface area contributed by atoms with E-state index in [1.54, 1.807) is 25.1 Å². The maximum Gasteiger partial charge on any atom is 0.327 e. The van der Waals surface area contributed by atoms with E-state index in [9.17, 15) is 14.4 Å². The maximum absolute atomic E-state index is 13.3. The average Bonchev–Trinajstić information content (AvgIpc) is 3.06. The summed E-state index contributed by atoms with van der Waals surface area (Å²) in [5.74, 6) is 0.169. The monoisotopic (exact) mass is 414 g/mol. The lowest BCUT2D eigenvalue weighted by molar-refractivity contribution is -0.118. The van der Waals surface area contributed by atoms with Crippen LogP contribution in [0.15, 0.2) is 32.3 Å². The molecule has 3 aromatic rings. The molecule has 10 heteroatoms. The number of aryl methyl sites for hydroxylation is 1. The highest BCUT2D eigenvalue weighted by Gasteiger charge is 2.57. The molecule has 2 aliphatic rings. The third-order valence-electron chi connectivity index (χ3n) is 4.86. The largest absolute Gasteiger partial charge is 0.327 e. The fourth-order valence-corrected chi connectivity index (χ4v) is 4.30. The number of aromatic amines is 3. The third-order valence-corrected chi connectivity index (χ3v) is 5.35. The number of nitrogens with one attached hydrogen (secondary N) is 5. The molecule has 130 valence electrons. The van der Waals surface area contributed by atoms with Gasteiger partial charge in [0, 0.05) is 27.0 Å². The first-order chi connectivity index (χ1) is 12.4. The minimum atomic E-state index is -1.42. The van der Waals surface area contributed by atoms with Crippen LogP contribution in [0.25, 0.3) is 0 Å². The highest BCUT2D eigenvalue weighted by atomic mass is 79.9. The molecule has 0 saturated carbocycles. The van der Waals surface area contributed by atoms with Gasteiger partial charge in [0.2, 0.25) is 5.91 Å². The maximum atomic E-state index is 13.3. The summed E-state index contributed by atoms with van der Waals surface area (Å²) in [6.07, 6.45) is 0. The number of benzene rings is 1. The molecule has 1 aromatic carbocycles. The summed E-state index contributed by atoms with van der Waals surface area (Å²) in [5, 5.41) is 12.9. The van der Waals surface area contributed by atoms with Gasteiger partial charge in [-0.1, -0.05) is 22.0 Å². The topological polar surface area (TPSA) is 136 Å². The molecule has 1 amide bonds. The first-order valence-corrected chi connectivity index (χ1v) is 8.53. The molecule has 0 saturated heterocycles. The van der Waals surface area contributed by atoms with Gasteiger partial charge in [-0.05, 0) is 19.1 Å². The average molecular weight is 415 g/mol. The number of amides is 1. The number of nitrogens with zero attached hydrogens (tertiary/aromatic N) is 1. The standard InChI is InChI=1S/C16H11BrN6O3/c1-5-9-12(23-22-5)19-11-10(13(24)21-15(26)20-11)16(9)7-3-2-6(17)4-8(7)18-14(16)25/h2-4H,1H3,(H,18,25)(H4,19,20,21,22,23,24,26). The van der Waals surface area contributed by atoms with Crippen LogP contribution in [0.1, 0.15) is 22.4 Å². The smallest absolute Gasteiger partial charge is 0.324 e. The van der Waals surface area contributed by atoms with Gasteiger partial charge in [-0.15, -0.1) is 0 Å². The highest BCUT2D eigenvalue weighted by Crippen LogP contribution is 2.53. The Balaban J connectivity index is 2.01. The molecule has 0 aliphatic carbocycles. The van der Waals surface area contributed by atoms with E-state index in [1.807, 2.05) is 0 Å². The Morgan fingerprint density at radius 1 is 1.08 bits per heavy atom. The van der Waals surface area contributed by atoms with Gasteiger partial charge in [0.05, 0.1) is 5.56 Å². The Bertz CT molecular complexity index is 1240. The molecule has 2 aliphatic heterocycles. The number of H-pyrrole nitrogens is 3. The number of hydrogen-bond donors (Lipinski definition) is 5. The summed E-state index contributed by atoms with van der Waals surface area (Å²) < 4.78 is 0.794. The number of rotatable bonds is 0. The van der Waals surface area contributed by atoms with Gasteiger partial charge < -0.3 is 10.6 Å². The number of fused-ring (bicyclic) bond motifs is 6. The molecule has 1 spiro atoms. The van der Waals surface area contributed by atoms with Crippen LogP contribution in [0.5, 0.6) is 0 Å². The van der Waals surface area contributed by atoms with Crippen molar-refractivity contribution in [2.24, 2.45) is 0 Å². The Hall–Kier alpha value is -3.14. The van der Waals surface area contributed by atoms with Gasteiger partial charge in [0.1, 0.15) is 11.2 Å². The fraction of sp³-hybridized carbons (Fsp3) is 0.125. The normalized spacial score (nSPS) is 19.5. The van der Waals surface area contributed by atoms with Crippen LogP contribution in [-0.4, -0.2) is 26.1 Å². The Labute approximate surface area is 153 Å². The van der Waals surface area contributed by atoms with Crippen molar-refractivity contribution < 1.29 is 4.79 Å². The van der Waals surface area contributed by atoms with Crippen LogP contribution in [0.4, 0.5) is 17.3 Å². The van der Waals surface area contributed by atoms with Gasteiger partial charge in [-0.3, -0.25) is 24.7 Å². The van der Waals surface area contributed by atoms with Crippen LogP contribution in [0, 0.1) is 6.92 Å². The summed E-state index contributed by atoms with van der Waals surface area (Å²) >= 11 is 3.39. The fourth-order valence-electron chi connectivity index (χ4n) is 3.94. The van der Waals surface area contributed by atoms with Crippen LogP contribution in [0.2, 0.25) is 0 Å². The van der Waals surface area contributed by atoms with Crippen molar-refractivity contribution in [2.75, 3.05) is 10.6 Å². The Morgan fingerprint density at radius 2 is 1.88 bits per heavy atom. The molecule has 0 radical (unpaired) electrons. The molecule has 2 aromatic heterocycles. The highest BCUT2D eigenvalue weighted by molar-refractivity contribution is 9.10. The molecule has 5 rings (SSSR count). The van der Waals surface area contributed by atoms with Crippen molar-refractivity contribution in [3.63, 3.8) is 0 Å². The quantitative estimate of drug-likeness (QED) is 0.376. The van der Waals surface area contributed by atoms with E-state index in [0.717, 1.165) is 4.47 Å². The Kier molecular flexibility index (Phi) is 2.75. The van der Waals surface area contributed by atoms with Crippen molar-refractivity contribution in [3.8, 4) is 0 Å². The first-order valence-electron chi connectivity index (χ1n) is 7.74. The van der Waals surface area contributed by atoms with Crippen LogP contribution < -0.4 is 21.9 Å². The molecule has 5 N–H and O–H groups in total. The van der Waals surface area contributed by atoms with Gasteiger partial charge >= 0.3 is 5.69 Å². The first kappa shape index (κ1) is 15.1. The van der Waals surface area contributed by atoms with Gasteiger partial charge in [0.25, 0.3) is 5.56 Å². The summed E-state index contributed by atoms with van der Waals surface area (Å²) in [4.78, 5) is 42.6. The van der Waals surface area contributed by atoms with Crippen molar-refractivity contribution in [3.05, 3.63) is 65.9 Å². The van der Waals surface area contributed by atoms with Crippen molar-refractivity contribution >= 4 is 39.2 Å². The summed E-state index contributed by atoms with van der Waals surface area (Å²) in [6.45, 7) is 1.78. The van der Waals surface area contributed by atoms with E-state index in [2.05, 4.69) is 46.7 Å². The van der Waals surface area contributed by atoms with Crippen LogP contribution in [-0.2, 0) is 10.2 Å². The second-order valence-electron chi connectivity index (χ2n) is 6.25. The predicted molar refractivity (Wildman–Crippen MR) is 96.9 cm³/mol. The van der Waals surface area contributed by atoms with E-state index in [4.69, 9.17) is 0 Å². The van der Waals surface area contributed by atoms with Gasteiger partial charge in [-0.2, -0.15) is 5.10 Å². The second-order valence-corrected chi connectivity index (χ2v) is 7.17. The summed E-state index contributed by atoms with van der Waals surface area (Å²) in [6, 6.07) is 5.36. The minimum Gasteiger partial charge on any atom is -0.324 e. The SMILES string of the molecule is Cc1[nH]nc2c1C1(C(=O)Nc3cc(Br)ccc31)c1c([nH]c(=O)[nH]c1=O)N2. The number of hydrogen-bond acceptors (Lipinski definition) is 5. The van der Waals surface area contributed by atoms with E-state index in [-0.39, 0.29) is 17.3 Å². The van der Waals surface area contributed by atoms with Crippen LogP contribution in [0.3, 0.4) is 0 Å². The summed E-state index contributed by atoms with van der Waals surface area (Å²) in [5.41, 5.74) is -0.162. The molecule has 0 bridgehead atoms. The number of carbonyl (C=O) groups excluding carboxylic acids is 1. The van der Waals surface area contributed by atoms with Gasteiger partial charge in [-0.25, -0.2) is 4.79 Å². The van der Waals surface area contributed by atoms with E-state index < -0.39 is 16.7 Å². The lowest BCUT2D eigenvalue weighted by Gasteiger charge is -2.33. The lowest BCUT2D eigenvalue weighted by atomic mass is 9.69. The number of halogens is 1. The minimum absolute atomic E-state index is 0.132. The van der Waals surface area contributed by atoms with Crippen molar-refractivity contribution in [1.82, 2.24) is 20.2 Å². The molecule has 4 heterocycles.